The van der Waals surface area contributed by atoms with E-state index in [0.29, 0.717) is 5.56 Å². The molecule has 0 unspecified atom stereocenters. The summed E-state index contributed by atoms with van der Waals surface area (Å²) in [6.45, 7) is 0. The van der Waals surface area contributed by atoms with Crippen LogP contribution in [0.4, 0.5) is 0 Å². The first kappa shape index (κ1) is 12.9. The van der Waals surface area contributed by atoms with E-state index in [-0.39, 0.29) is 42.6 Å². The molecule has 1 N–H and O–H groups in total. The molecule has 6 heteroatoms. The van der Waals surface area contributed by atoms with Crippen LogP contribution in [0.25, 0.3) is 11.5 Å². The number of hydrogen-bond donors (Lipinski definition) is 1. The predicted octanol–water partition coefficient (Wildman–Crippen LogP) is 1.79. The Morgan fingerprint density at radius 1 is 1.18 bits per heavy atom. The molecular weight excluding hydrogens is 272 g/mol. The normalized spacial score (nSPS) is 8.82. The van der Waals surface area contributed by atoms with Gasteiger partial charge in [0.1, 0.15) is 17.9 Å². The molecule has 17 heavy (non-hydrogen) atoms. The Kier molecular flexibility index (Phi) is 3.98. The molecule has 0 aliphatic rings. The molecule has 1 heterocycles. The maximum absolute atomic E-state index is 9.54. The Morgan fingerprint density at radius 2 is 1.88 bits per heavy atom. The quantitative estimate of drug-likeness (QED) is 0.801. The number of benzene rings is 1. The van der Waals surface area contributed by atoms with Crippen molar-refractivity contribution in [3.05, 3.63) is 35.7 Å². The number of nitrogens with zero attached hydrogens (tertiary/aromatic N) is 3. The average Bonchev–Trinajstić information content (AvgIpc) is 2.72. The maximum atomic E-state index is 9.54. The molecule has 0 radical (unpaired) electrons. The van der Waals surface area contributed by atoms with Crippen LogP contribution < -0.4 is 0 Å². The third-order valence-corrected chi connectivity index (χ3v) is 1.97. The number of phenolic OH excluding ortho intramolecular Hbond substituents is 1. The van der Waals surface area contributed by atoms with E-state index in [0.717, 1.165) is 0 Å². The summed E-state index contributed by atoms with van der Waals surface area (Å²) in [4.78, 5) is 3.82. The molecule has 0 atom stereocenters. The van der Waals surface area contributed by atoms with Crippen LogP contribution in [-0.4, -0.2) is 10.1 Å². The van der Waals surface area contributed by atoms with Gasteiger partial charge in [-0.05, 0) is 12.1 Å². The van der Waals surface area contributed by atoms with E-state index in [2.05, 4.69) is 4.98 Å². The summed E-state index contributed by atoms with van der Waals surface area (Å²) < 4.78 is 5.07. The van der Waals surface area contributed by atoms with Gasteiger partial charge in [0.05, 0.1) is 5.56 Å². The Bertz CT molecular complexity index is 591. The number of para-hydroxylation sites is 1. The number of aromatic nitrogens is 1. The number of rotatable bonds is 1. The van der Waals surface area contributed by atoms with Crippen molar-refractivity contribution in [3.8, 4) is 29.3 Å². The van der Waals surface area contributed by atoms with Crippen LogP contribution in [0.5, 0.6) is 5.75 Å². The van der Waals surface area contributed by atoms with Crippen molar-refractivity contribution in [2.75, 3.05) is 0 Å². The summed E-state index contributed by atoms with van der Waals surface area (Å²) in [5, 5.41) is 26.9. The van der Waals surface area contributed by atoms with Gasteiger partial charge in [0.25, 0.3) is 0 Å². The van der Waals surface area contributed by atoms with Gasteiger partial charge in [0.15, 0.2) is 5.69 Å². The third kappa shape index (κ3) is 2.33. The van der Waals surface area contributed by atoms with Gasteiger partial charge >= 0.3 is 0 Å². The van der Waals surface area contributed by atoms with Crippen molar-refractivity contribution in [1.82, 2.24) is 4.98 Å². The first-order valence-electron chi connectivity index (χ1n) is 4.35. The molecule has 0 saturated heterocycles. The van der Waals surface area contributed by atoms with Crippen molar-refractivity contribution in [2.24, 2.45) is 0 Å². The zero-order chi connectivity index (χ0) is 11.5. The number of hydrogen-bond acceptors (Lipinski definition) is 5. The largest absolute Gasteiger partial charge is 0.507 e. The second-order valence-corrected chi connectivity index (χ2v) is 2.94. The van der Waals surface area contributed by atoms with Gasteiger partial charge in [0.2, 0.25) is 11.7 Å². The fraction of sp³-hybridized carbons (Fsp3) is 0. The SMILES string of the molecule is N#Cc1nc(-c2ccccc2O)oc1C#N.[Zn]. The molecule has 0 aliphatic heterocycles. The minimum absolute atomic E-state index is 0. The van der Waals surface area contributed by atoms with E-state index >= 15 is 0 Å². The van der Waals surface area contributed by atoms with Gasteiger partial charge in [-0.25, -0.2) is 0 Å². The number of aromatic hydroxyl groups is 1. The summed E-state index contributed by atoms with van der Waals surface area (Å²) in [5.74, 6) is -0.107. The van der Waals surface area contributed by atoms with E-state index in [1.54, 1.807) is 30.3 Å². The van der Waals surface area contributed by atoms with Crippen molar-refractivity contribution in [2.45, 2.75) is 0 Å². The fourth-order valence-corrected chi connectivity index (χ4v) is 1.24. The zero-order valence-electron chi connectivity index (χ0n) is 8.71. The first-order chi connectivity index (χ1) is 7.76. The smallest absolute Gasteiger partial charge is 0.242 e. The molecule has 2 rings (SSSR count). The summed E-state index contributed by atoms with van der Waals surface area (Å²) in [6, 6.07) is 9.87. The summed E-state index contributed by atoms with van der Waals surface area (Å²) in [6.07, 6.45) is 0. The molecule has 2 aromatic rings. The van der Waals surface area contributed by atoms with E-state index in [9.17, 15) is 5.11 Å². The van der Waals surface area contributed by atoms with Crippen molar-refractivity contribution in [3.63, 3.8) is 0 Å². The van der Waals surface area contributed by atoms with Crippen molar-refractivity contribution < 1.29 is 29.0 Å². The molecule has 0 aliphatic carbocycles. The molecule has 0 saturated carbocycles. The van der Waals surface area contributed by atoms with Gasteiger partial charge in [0, 0.05) is 19.5 Å². The molecule has 5 nitrogen and oxygen atoms in total. The van der Waals surface area contributed by atoms with Gasteiger partial charge in [-0.1, -0.05) is 12.1 Å². The number of oxazole rings is 1. The van der Waals surface area contributed by atoms with Crippen molar-refractivity contribution >= 4 is 0 Å². The van der Waals surface area contributed by atoms with Crippen LogP contribution in [0, 0.1) is 22.7 Å². The maximum Gasteiger partial charge on any atom is 0.242 e. The predicted molar refractivity (Wildman–Crippen MR) is 53.0 cm³/mol. The standard InChI is InChI=1S/C11H5N3O2.Zn/c12-5-8-10(6-13)16-11(14-8)7-3-1-2-4-9(7)15;/h1-4,15H;. The molecule has 0 fully saturated rings. The molecule has 78 valence electrons. The van der Waals surface area contributed by atoms with Gasteiger partial charge in [-0.3, -0.25) is 0 Å². The van der Waals surface area contributed by atoms with E-state index in [1.807, 2.05) is 0 Å². The average molecular weight is 277 g/mol. The minimum atomic E-state index is -0.152. The summed E-state index contributed by atoms with van der Waals surface area (Å²) in [5.41, 5.74) is 0.265. The van der Waals surface area contributed by atoms with Crippen LogP contribution in [0.3, 0.4) is 0 Å². The molecule has 1 aromatic carbocycles. The van der Waals surface area contributed by atoms with Gasteiger partial charge < -0.3 is 9.52 Å². The second-order valence-electron chi connectivity index (χ2n) is 2.94. The monoisotopic (exact) mass is 275 g/mol. The number of nitriles is 2. The Labute approximate surface area is 110 Å². The third-order valence-electron chi connectivity index (χ3n) is 1.97. The van der Waals surface area contributed by atoms with Crippen LogP contribution in [0.2, 0.25) is 0 Å². The Morgan fingerprint density at radius 3 is 2.41 bits per heavy atom. The van der Waals surface area contributed by atoms with Crippen LogP contribution >= 0.6 is 0 Å². The van der Waals surface area contributed by atoms with Gasteiger partial charge in [-0.2, -0.15) is 15.5 Å². The van der Waals surface area contributed by atoms with Crippen LogP contribution in [0.1, 0.15) is 11.5 Å². The van der Waals surface area contributed by atoms with Crippen LogP contribution in [0.15, 0.2) is 28.7 Å². The van der Waals surface area contributed by atoms with E-state index in [1.165, 1.54) is 6.07 Å². The van der Waals surface area contributed by atoms with Gasteiger partial charge in [-0.15, -0.1) is 0 Å². The topological polar surface area (TPSA) is 93.8 Å². The molecule has 0 amide bonds. The van der Waals surface area contributed by atoms with Crippen LogP contribution in [-0.2, 0) is 19.5 Å². The summed E-state index contributed by atoms with van der Waals surface area (Å²) >= 11 is 0. The fourth-order valence-electron chi connectivity index (χ4n) is 1.24. The second kappa shape index (κ2) is 5.25. The molecule has 0 spiro atoms. The summed E-state index contributed by atoms with van der Waals surface area (Å²) in [7, 11) is 0. The first-order valence-corrected chi connectivity index (χ1v) is 4.35. The Balaban J connectivity index is 0.00000144. The molecular formula is C11H5N3O2Zn. The van der Waals surface area contributed by atoms with Crippen molar-refractivity contribution in [1.29, 1.82) is 10.5 Å². The van der Waals surface area contributed by atoms with E-state index in [4.69, 9.17) is 14.9 Å². The number of phenols is 1. The van der Waals surface area contributed by atoms with E-state index < -0.39 is 0 Å². The molecule has 0 bridgehead atoms. The minimum Gasteiger partial charge on any atom is -0.507 e. The molecule has 1 aromatic heterocycles. The zero-order valence-corrected chi connectivity index (χ0v) is 11.7. The Hall–Kier alpha value is -2.17.